The second kappa shape index (κ2) is 4.61. The van der Waals surface area contributed by atoms with Crippen LogP contribution in [0, 0.1) is 18.3 Å². The molecule has 0 aliphatic rings. The highest BCUT2D eigenvalue weighted by molar-refractivity contribution is 6.33. The second-order valence-electron chi connectivity index (χ2n) is 2.62. The maximum absolute atomic E-state index is 8.65. The molecule has 0 amide bonds. The Kier molecular flexibility index (Phi) is 3.46. The van der Waals surface area contributed by atoms with Crippen molar-refractivity contribution in [3.63, 3.8) is 0 Å². The van der Waals surface area contributed by atoms with Crippen molar-refractivity contribution >= 4 is 23.6 Å². The van der Waals surface area contributed by atoms with Gasteiger partial charge in [-0.3, -0.25) is 10.7 Å². The summed E-state index contributed by atoms with van der Waals surface area (Å²) in [5.74, 6) is 0. The molecule has 1 rings (SSSR count). The fourth-order valence-corrected chi connectivity index (χ4v) is 1.37. The van der Waals surface area contributed by atoms with Gasteiger partial charge < -0.3 is 0 Å². The van der Waals surface area contributed by atoms with Crippen molar-refractivity contribution in [3.05, 3.63) is 28.3 Å². The van der Waals surface area contributed by atoms with Gasteiger partial charge in [-0.2, -0.15) is 5.26 Å². The van der Waals surface area contributed by atoms with Crippen LogP contribution < -0.4 is 5.48 Å². The lowest BCUT2D eigenvalue weighted by atomic mass is 10.1. The molecule has 72 valence electrons. The van der Waals surface area contributed by atoms with Crippen molar-refractivity contribution in [3.8, 4) is 6.07 Å². The molecule has 0 aliphatic heterocycles. The van der Waals surface area contributed by atoms with Gasteiger partial charge in [-0.1, -0.05) is 11.6 Å². The van der Waals surface area contributed by atoms with Crippen LogP contribution in [0.5, 0.6) is 0 Å². The molecule has 14 heavy (non-hydrogen) atoms. The van der Waals surface area contributed by atoms with E-state index in [1.54, 1.807) is 18.5 Å². The lowest BCUT2D eigenvalue weighted by Gasteiger charge is -2.02. The van der Waals surface area contributed by atoms with Gasteiger partial charge in [-0.05, 0) is 24.6 Å². The molecular formula is C9H8ClN3O. The summed E-state index contributed by atoms with van der Waals surface area (Å²) < 4.78 is 0. The highest BCUT2D eigenvalue weighted by Gasteiger charge is 2.04. The standard InChI is InChI=1S/C9H8ClN3O/c1-6-2-7(4-11)3-8(10)9(6)12-5-13-14/h2-3,5,14H,1H3,(H,12,13). The Morgan fingerprint density at radius 1 is 1.64 bits per heavy atom. The predicted molar refractivity (Wildman–Crippen MR) is 54.0 cm³/mol. The monoisotopic (exact) mass is 209 g/mol. The fraction of sp³-hybridized carbons (Fsp3) is 0.111. The van der Waals surface area contributed by atoms with Crippen LogP contribution in [0.25, 0.3) is 0 Å². The highest BCUT2D eigenvalue weighted by Crippen LogP contribution is 2.29. The number of hydrogen-bond acceptors (Lipinski definition) is 3. The zero-order valence-electron chi connectivity index (χ0n) is 7.45. The van der Waals surface area contributed by atoms with Crippen LogP contribution >= 0.6 is 11.6 Å². The molecule has 2 N–H and O–H groups in total. The number of hydroxylamine groups is 1. The molecule has 0 aromatic heterocycles. The van der Waals surface area contributed by atoms with Crippen molar-refractivity contribution in [2.75, 3.05) is 0 Å². The molecule has 0 radical (unpaired) electrons. The summed E-state index contributed by atoms with van der Waals surface area (Å²) in [4.78, 5) is 3.87. The minimum Gasteiger partial charge on any atom is -0.290 e. The lowest BCUT2D eigenvalue weighted by molar-refractivity contribution is 0.240. The van der Waals surface area contributed by atoms with Crippen LogP contribution in [0.15, 0.2) is 17.1 Å². The molecule has 0 bridgehead atoms. The van der Waals surface area contributed by atoms with E-state index < -0.39 is 0 Å². The molecule has 0 aliphatic carbocycles. The van der Waals surface area contributed by atoms with Crippen LogP contribution in [0.3, 0.4) is 0 Å². The molecule has 0 fully saturated rings. The first kappa shape index (κ1) is 10.5. The number of hydrogen-bond donors (Lipinski definition) is 2. The summed E-state index contributed by atoms with van der Waals surface area (Å²) in [6.45, 7) is 1.79. The van der Waals surface area contributed by atoms with E-state index in [9.17, 15) is 0 Å². The maximum Gasteiger partial charge on any atom is 0.113 e. The fourth-order valence-electron chi connectivity index (χ4n) is 1.06. The Morgan fingerprint density at radius 2 is 2.36 bits per heavy atom. The molecule has 5 heteroatoms. The number of benzene rings is 1. The summed E-state index contributed by atoms with van der Waals surface area (Å²) >= 11 is 5.87. The Labute approximate surface area is 86.4 Å². The number of aliphatic imine (C=N–C) groups is 1. The zero-order chi connectivity index (χ0) is 10.6. The number of halogens is 1. The molecule has 1 aromatic rings. The summed E-state index contributed by atoms with van der Waals surface area (Å²) in [6, 6.07) is 5.19. The third-order valence-corrected chi connectivity index (χ3v) is 1.92. The molecule has 0 atom stereocenters. The third kappa shape index (κ3) is 2.22. The van der Waals surface area contributed by atoms with Gasteiger partial charge in [-0.25, -0.2) is 4.99 Å². The van der Waals surface area contributed by atoms with Crippen molar-refractivity contribution in [1.29, 1.82) is 5.26 Å². The number of nitrogens with zero attached hydrogens (tertiary/aromatic N) is 2. The van der Waals surface area contributed by atoms with Gasteiger partial charge >= 0.3 is 0 Å². The normalized spacial score (nSPS) is 10.1. The van der Waals surface area contributed by atoms with Crippen LogP contribution in [-0.2, 0) is 0 Å². The van der Waals surface area contributed by atoms with Crippen LogP contribution in [0.1, 0.15) is 11.1 Å². The van der Waals surface area contributed by atoms with Crippen molar-refractivity contribution < 1.29 is 5.21 Å². The molecule has 0 saturated carbocycles. The van der Waals surface area contributed by atoms with Gasteiger partial charge in [0.05, 0.1) is 22.3 Å². The number of nitrogens with one attached hydrogen (secondary N) is 1. The van der Waals surface area contributed by atoms with Crippen LogP contribution in [0.4, 0.5) is 5.69 Å². The first-order valence-corrected chi connectivity index (χ1v) is 4.19. The van der Waals surface area contributed by atoms with Gasteiger partial charge in [0.25, 0.3) is 0 Å². The molecule has 0 saturated heterocycles. The topological polar surface area (TPSA) is 68.4 Å². The SMILES string of the molecule is Cc1cc(C#N)cc(Cl)c1N=CNO. The number of aryl methyl sites for hydroxylation is 1. The van der Waals surface area contributed by atoms with Gasteiger partial charge in [0.1, 0.15) is 6.34 Å². The van der Waals surface area contributed by atoms with Crippen molar-refractivity contribution in [1.82, 2.24) is 5.48 Å². The molecule has 0 spiro atoms. The van der Waals surface area contributed by atoms with Gasteiger partial charge in [-0.15, -0.1) is 0 Å². The van der Waals surface area contributed by atoms with Gasteiger partial charge in [0.2, 0.25) is 0 Å². The van der Waals surface area contributed by atoms with E-state index in [1.165, 1.54) is 6.07 Å². The van der Waals surface area contributed by atoms with Crippen molar-refractivity contribution in [2.45, 2.75) is 6.92 Å². The lowest BCUT2D eigenvalue weighted by Crippen LogP contribution is -2.01. The van der Waals surface area contributed by atoms with E-state index in [4.69, 9.17) is 22.1 Å². The van der Waals surface area contributed by atoms with E-state index in [2.05, 4.69) is 4.99 Å². The Balaban J connectivity index is 3.20. The Hall–Kier alpha value is -1.57. The highest BCUT2D eigenvalue weighted by atomic mass is 35.5. The molecule has 4 nitrogen and oxygen atoms in total. The van der Waals surface area contributed by atoms with Crippen LogP contribution in [-0.4, -0.2) is 11.5 Å². The van der Waals surface area contributed by atoms with E-state index in [1.807, 2.05) is 6.07 Å². The third-order valence-electron chi connectivity index (χ3n) is 1.63. The smallest absolute Gasteiger partial charge is 0.113 e. The number of rotatable bonds is 2. The van der Waals surface area contributed by atoms with E-state index in [0.29, 0.717) is 16.3 Å². The Morgan fingerprint density at radius 3 is 2.86 bits per heavy atom. The summed E-state index contributed by atoms with van der Waals surface area (Å²) in [5, 5.41) is 17.4. The van der Waals surface area contributed by atoms with E-state index >= 15 is 0 Å². The average Bonchev–Trinajstić information content (AvgIpc) is 2.16. The predicted octanol–water partition coefficient (Wildman–Crippen LogP) is 2.16. The Bertz CT molecular complexity index is 386. The maximum atomic E-state index is 8.65. The summed E-state index contributed by atoms with van der Waals surface area (Å²) in [5.41, 5.74) is 3.59. The van der Waals surface area contributed by atoms with Crippen molar-refractivity contribution in [2.24, 2.45) is 4.99 Å². The first-order chi connectivity index (χ1) is 6.69. The van der Waals surface area contributed by atoms with Gasteiger partial charge in [0, 0.05) is 0 Å². The minimum atomic E-state index is 0.382. The first-order valence-electron chi connectivity index (χ1n) is 3.81. The quantitative estimate of drug-likeness (QED) is 0.446. The largest absolute Gasteiger partial charge is 0.290 e. The van der Waals surface area contributed by atoms with Crippen LogP contribution in [0.2, 0.25) is 5.02 Å². The summed E-state index contributed by atoms with van der Waals surface area (Å²) in [7, 11) is 0. The zero-order valence-corrected chi connectivity index (χ0v) is 8.21. The number of nitriles is 1. The molecule has 0 unspecified atom stereocenters. The average molecular weight is 210 g/mol. The molecular weight excluding hydrogens is 202 g/mol. The second-order valence-corrected chi connectivity index (χ2v) is 3.03. The molecule has 0 heterocycles. The molecule has 1 aromatic carbocycles. The minimum absolute atomic E-state index is 0.382. The van der Waals surface area contributed by atoms with E-state index in [-0.39, 0.29) is 0 Å². The van der Waals surface area contributed by atoms with Gasteiger partial charge in [0.15, 0.2) is 0 Å². The van der Waals surface area contributed by atoms with E-state index in [0.717, 1.165) is 11.9 Å². The summed E-state index contributed by atoms with van der Waals surface area (Å²) in [6.07, 6.45) is 1.11.